The summed E-state index contributed by atoms with van der Waals surface area (Å²) in [6, 6.07) is 19.7. The van der Waals surface area contributed by atoms with E-state index in [1.54, 1.807) is 24.3 Å². The van der Waals surface area contributed by atoms with Gasteiger partial charge in [-0.05, 0) is 47.9 Å². The Labute approximate surface area is 168 Å². The molecule has 0 bridgehead atoms. The molecule has 5 nitrogen and oxygen atoms in total. The Morgan fingerprint density at radius 1 is 0.893 bits per heavy atom. The fourth-order valence-electron chi connectivity index (χ4n) is 2.61. The molecule has 3 rings (SSSR count). The van der Waals surface area contributed by atoms with Gasteiger partial charge in [-0.25, -0.2) is 4.98 Å². The number of benzene rings is 2. The third-order valence-electron chi connectivity index (χ3n) is 4.23. The fraction of sp³-hybridized carbons (Fsp3) is 0.136. The van der Waals surface area contributed by atoms with E-state index in [0.29, 0.717) is 10.7 Å². The van der Waals surface area contributed by atoms with E-state index in [1.807, 2.05) is 42.5 Å². The Morgan fingerprint density at radius 3 is 2.25 bits per heavy atom. The average molecular weight is 394 g/mol. The molecule has 0 radical (unpaired) electrons. The van der Waals surface area contributed by atoms with Gasteiger partial charge in [-0.3, -0.25) is 9.59 Å². The second-order valence-corrected chi connectivity index (χ2v) is 6.59. The molecule has 1 aromatic heterocycles. The first-order valence-electron chi connectivity index (χ1n) is 8.95. The van der Waals surface area contributed by atoms with Gasteiger partial charge in [0.05, 0.1) is 0 Å². The zero-order chi connectivity index (χ0) is 19.9. The quantitative estimate of drug-likeness (QED) is 0.648. The predicted octanol–water partition coefficient (Wildman–Crippen LogP) is 4.48. The summed E-state index contributed by atoms with van der Waals surface area (Å²) >= 11 is 6.10. The largest absolute Gasteiger partial charge is 0.347 e. The number of carbonyl (C=O) groups is 2. The summed E-state index contributed by atoms with van der Waals surface area (Å²) in [5.74, 6) is -0.744. The SMILES string of the molecule is CCc1ccc(NC(=O)c2cccc(C(=O)NCc3ccccc3Cl)n2)cc1. The fourth-order valence-corrected chi connectivity index (χ4v) is 2.82. The molecule has 0 saturated carbocycles. The van der Waals surface area contributed by atoms with Gasteiger partial charge in [-0.2, -0.15) is 0 Å². The van der Waals surface area contributed by atoms with Crippen LogP contribution in [0.2, 0.25) is 5.02 Å². The van der Waals surface area contributed by atoms with Crippen LogP contribution in [0.25, 0.3) is 0 Å². The summed E-state index contributed by atoms with van der Waals surface area (Å²) in [7, 11) is 0. The lowest BCUT2D eigenvalue weighted by Gasteiger charge is -2.08. The van der Waals surface area contributed by atoms with E-state index >= 15 is 0 Å². The molecule has 0 aliphatic carbocycles. The lowest BCUT2D eigenvalue weighted by molar-refractivity contribution is 0.0945. The van der Waals surface area contributed by atoms with Crippen molar-refractivity contribution in [3.05, 3.63) is 94.3 Å². The van der Waals surface area contributed by atoms with Crippen LogP contribution in [0, 0.1) is 0 Å². The normalized spacial score (nSPS) is 10.4. The molecule has 6 heteroatoms. The monoisotopic (exact) mass is 393 g/mol. The van der Waals surface area contributed by atoms with Crippen LogP contribution in [0.4, 0.5) is 5.69 Å². The van der Waals surface area contributed by atoms with Crippen LogP contribution in [-0.4, -0.2) is 16.8 Å². The standard InChI is InChI=1S/C22H20ClN3O2/c1-2-15-10-12-17(13-11-15)25-22(28)20-9-5-8-19(26-20)21(27)24-14-16-6-3-4-7-18(16)23/h3-13H,2,14H2,1H3,(H,24,27)(H,25,28). The number of anilines is 1. The number of nitrogens with zero attached hydrogens (tertiary/aromatic N) is 1. The summed E-state index contributed by atoms with van der Waals surface area (Å²) < 4.78 is 0. The third-order valence-corrected chi connectivity index (χ3v) is 4.60. The maximum absolute atomic E-state index is 12.4. The maximum atomic E-state index is 12.4. The number of rotatable bonds is 6. The van der Waals surface area contributed by atoms with Crippen LogP contribution >= 0.6 is 11.6 Å². The number of halogens is 1. The first-order chi connectivity index (χ1) is 13.6. The highest BCUT2D eigenvalue weighted by molar-refractivity contribution is 6.31. The zero-order valence-electron chi connectivity index (χ0n) is 15.4. The summed E-state index contributed by atoms with van der Waals surface area (Å²) in [5, 5.41) is 6.14. The molecule has 0 aliphatic heterocycles. The van der Waals surface area contributed by atoms with E-state index in [2.05, 4.69) is 22.5 Å². The zero-order valence-corrected chi connectivity index (χ0v) is 16.2. The average Bonchev–Trinajstić information content (AvgIpc) is 2.73. The Balaban J connectivity index is 1.66. The Kier molecular flexibility index (Phi) is 6.40. The van der Waals surface area contributed by atoms with E-state index in [4.69, 9.17) is 11.6 Å². The summed E-state index contributed by atoms with van der Waals surface area (Å²) in [6.45, 7) is 2.35. The van der Waals surface area contributed by atoms with Gasteiger partial charge in [0.25, 0.3) is 11.8 Å². The number of nitrogens with one attached hydrogen (secondary N) is 2. The van der Waals surface area contributed by atoms with E-state index < -0.39 is 0 Å². The second kappa shape index (κ2) is 9.15. The number of hydrogen-bond acceptors (Lipinski definition) is 3. The van der Waals surface area contributed by atoms with Gasteiger partial charge < -0.3 is 10.6 Å². The first kappa shape index (κ1) is 19.6. The molecular weight excluding hydrogens is 374 g/mol. The molecule has 0 saturated heterocycles. The van der Waals surface area contributed by atoms with Crippen LogP contribution in [0.1, 0.15) is 39.0 Å². The molecule has 0 spiro atoms. The van der Waals surface area contributed by atoms with Gasteiger partial charge >= 0.3 is 0 Å². The molecule has 2 N–H and O–H groups in total. The highest BCUT2D eigenvalue weighted by Gasteiger charge is 2.13. The van der Waals surface area contributed by atoms with Crippen molar-refractivity contribution in [2.24, 2.45) is 0 Å². The molecule has 2 aromatic carbocycles. The van der Waals surface area contributed by atoms with E-state index in [1.165, 1.54) is 5.56 Å². The first-order valence-corrected chi connectivity index (χ1v) is 9.33. The van der Waals surface area contributed by atoms with Gasteiger partial charge in [0.15, 0.2) is 0 Å². The minimum atomic E-state index is -0.373. The van der Waals surface area contributed by atoms with Crippen LogP contribution in [0.15, 0.2) is 66.7 Å². The Morgan fingerprint density at radius 2 is 1.57 bits per heavy atom. The topological polar surface area (TPSA) is 71.1 Å². The van der Waals surface area contributed by atoms with Crippen molar-refractivity contribution in [2.45, 2.75) is 19.9 Å². The molecule has 0 aliphatic rings. The Bertz CT molecular complexity index is 987. The lowest BCUT2D eigenvalue weighted by atomic mass is 10.1. The minimum absolute atomic E-state index is 0.168. The lowest BCUT2D eigenvalue weighted by Crippen LogP contribution is -2.25. The van der Waals surface area contributed by atoms with Gasteiger partial charge in [-0.15, -0.1) is 0 Å². The number of pyridine rings is 1. The van der Waals surface area contributed by atoms with Crippen LogP contribution in [0.5, 0.6) is 0 Å². The van der Waals surface area contributed by atoms with Crippen molar-refractivity contribution in [1.82, 2.24) is 10.3 Å². The number of aromatic nitrogens is 1. The third kappa shape index (κ3) is 4.96. The van der Waals surface area contributed by atoms with Crippen molar-refractivity contribution in [2.75, 3.05) is 5.32 Å². The summed E-state index contributed by atoms with van der Waals surface area (Å²) in [4.78, 5) is 29.0. The molecule has 2 amide bonds. The molecule has 0 fully saturated rings. The Hall–Kier alpha value is -3.18. The number of carbonyl (C=O) groups excluding carboxylic acids is 2. The molecule has 3 aromatic rings. The van der Waals surface area contributed by atoms with Crippen molar-refractivity contribution in [1.29, 1.82) is 0 Å². The van der Waals surface area contributed by atoms with Crippen molar-refractivity contribution < 1.29 is 9.59 Å². The minimum Gasteiger partial charge on any atom is -0.347 e. The van der Waals surface area contributed by atoms with Gasteiger partial charge in [-0.1, -0.05) is 54.9 Å². The number of hydrogen-bond donors (Lipinski definition) is 2. The van der Waals surface area contributed by atoms with Crippen LogP contribution in [-0.2, 0) is 13.0 Å². The van der Waals surface area contributed by atoms with Crippen molar-refractivity contribution in [3.8, 4) is 0 Å². The van der Waals surface area contributed by atoms with E-state index in [-0.39, 0.29) is 29.7 Å². The molecule has 142 valence electrons. The number of aryl methyl sites for hydroxylation is 1. The van der Waals surface area contributed by atoms with Crippen molar-refractivity contribution >= 4 is 29.1 Å². The van der Waals surface area contributed by atoms with Crippen LogP contribution < -0.4 is 10.6 Å². The van der Waals surface area contributed by atoms with E-state index in [0.717, 1.165) is 12.0 Å². The van der Waals surface area contributed by atoms with Gasteiger partial charge in [0, 0.05) is 17.3 Å². The smallest absolute Gasteiger partial charge is 0.274 e. The highest BCUT2D eigenvalue weighted by atomic mass is 35.5. The molecule has 1 heterocycles. The molecule has 0 unspecified atom stereocenters. The van der Waals surface area contributed by atoms with Crippen LogP contribution in [0.3, 0.4) is 0 Å². The van der Waals surface area contributed by atoms with E-state index in [9.17, 15) is 9.59 Å². The molecule has 0 atom stereocenters. The maximum Gasteiger partial charge on any atom is 0.274 e. The summed E-state index contributed by atoms with van der Waals surface area (Å²) in [5.41, 5.74) is 3.01. The predicted molar refractivity (Wildman–Crippen MR) is 111 cm³/mol. The highest BCUT2D eigenvalue weighted by Crippen LogP contribution is 2.15. The molecular formula is C22H20ClN3O2. The number of amides is 2. The second-order valence-electron chi connectivity index (χ2n) is 6.19. The van der Waals surface area contributed by atoms with Crippen molar-refractivity contribution in [3.63, 3.8) is 0 Å². The molecule has 28 heavy (non-hydrogen) atoms. The summed E-state index contributed by atoms with van der Waals surface area (Å²) in [6.07, 6.45) is 0.932. The van der Waals surface area contributed by atoms with Gasteiger partial charge in [0.2, 0.25) is 0 Å². The van der Waals surface area contributed by atoms with Gasteiger partial charge in [0.1, 0.15) is 11.4 Å².